The first-order valence-electron chi connectivity index (χ1n) is 11.1. The van der Waals surface area contributed by atoms with Crippen LogP contribution in [0, 0.1) is 58.7 Å². The molecule has 0 aromatic heterocycles. The van der Waals surface area contributed by atoms with Crippen LogP contribution in [-0.2, 0) is 0 Å². The Morgan fingerprint density at radius 3 is 1.44 bits per heavy atom. The van der Waals surface area contributed by atoms with Gasteiger partial charge in [0.25, 0.3) is 0 Å². The Bertz CT molecular complexity index is 518. The van der Waals surface area contributed by atoms with Crippen LogP contribution in [-0.4, -0.2) is 24.2 Å². The van der Waals surface area contributed by atoms with Crippen LogP contribution in [0.15, 0.2) is 0 Å². The van der Waals surface area contributed by atoms with Gasteiger partial charge < -0.3 is 0 Å². The van der Waals surface area contributed by atoms with E-state index in [1.54, 1.807) is 11.8 Å². The Morgan fingerprint density at radius 1 is 0.704 bits per heavy atom. The average Bonchev–Trinajstić information content (AvgIpc) is 3.06. The van der Waals surface area contributed by atoms with Crippen molar-refractivity contribution >= 4 is 24.2 Å². The summed E-state index contributed by atoms with van der Waals surface area (Å²) in [5.41, 5.74) is 7.29. The van der Waals surface area contributed by atoms with Crippen LogP contribution in [0.25, 0.3) is 0 Å². The lowest BCUT2D eigenvalue weighted by molar-refractivity contribution is 0.763. The number of hydrogen-bond acceptors (Lipinski definition) is 0. The number of rotatable bonds is 2. The Labute approximate surface area is 173 Å². The third-order valence-electron chi connectivity index (χ3n) is 7.93. The van der Waals surface area contributed by atoms with Gasteiger partial charge in [-0.3, -0.25) is 0 Å². The molecule has 0 spiro atoms. The van der Waals surface area contributed by atoms with Crippen LogP contribution >= 0.6 is 0 Å². The number of fused-ring (bicyclic) bond motifs is 2. The van der Waals surface area contributed by atoms with Gasteiger partial charge in [-0.15, -0.1) is 0 Å². The summed E-state index contributed by atoms with van der Waals surface area (Å²) in [5.74, 6) is 6.88. The molecule has 4 aliphatic rings. The maximum Gasteiger partial charge on any atom is 0.0633 e. The van der Waals surface area contributed by atoms with Gasteiger partial charge >= 0.3 is 0 Å². The lowest BCUT2D eigenvalue weighted by Crippen LogP contribution is -2.51. The maximum atomic E-state index is 2.67. The Hall–Kier alpha value is 0.651. The molecule has 10 radical (unpaired) electrons. The van der Waals surface area contributed by atoms with E-state index in [1.165, 1.54) is 37.8 Å². The van der Waals surface area contributed by atoms with E-state index in [0.717, 1.165) is 0 Å². The van der Waals surface area contributed by atoms with Crippen molar-refractivity contribution in [3.8, 4) is 0 Å². The van der Waals surface area contributed by atoms with E-state index in [4.69, 9.17) is 0 Å². The molecule has 2 aliphatic heterocycles. The molecule has 0 amide bonds. The first-order chi connectivity index (χ1) is 12.5. The zero-order valence-electron chi connectivity index (χ0n) is 18.9. The fraction of sp³-hybridized carbons (Fsp3) is 0.583. The van der Waals surface area contributed by atoms with Crippen molar-refractivity contribution in [3.63, 3.8) is 0 Å². The zero-order chi connectivity index (χ0) is 19.8. The summed E-state index contributed by atoms with van der Waals surface area (Å²) >= 11 is 0. The van der Waals surface area contributed by atoms with Crippen molar-refractivity contribution in [2.24, 2.45) is 0 Å². The van der Waals surface area contributed by atoms with Crippen molar-refractivity contribution in [1.29, 1.82) is 0 Å². The van der Waals surface area contributed by atoms with Crippen molar-refractivity contribution in [2.75, 3.05) is 0 Å². The molecule has 27 heavy (non-hydrogen) atoms. The SMILES string of the molecule is C[C]1[CH][C]2[C](CCC[Si]2(C)C)[C]1[Si](C)(C)[C]1[C](C)[CH][C]2[C]1CCC[Si]2(C)C. The van der Waals surface area contributed by atoms with Crippen LogP contribution in [0.2, 0.25) is 51.4 Å². The lowest BCUT2D eigenvalue weighted by Gasteiger charge is -2.48. The first-order valence-corrected chi connectivity index (χ1v) is 20.5. The highest BCUT2D eigenvalue weighted by molar-refractivity contribution is 6.93. The van der Waals surface area contributed by atoms with Crippen molar-refractivity contribution in [1.82, 2.24) is 0 Å². The molecule has 2 heterocycles. The van der Waals surface area contributed by atoms with Gasteiger partial charge in [-0.2, -0.15) is 0 Å². The standard InChI is InChI=1S/C24H38Si3/c1-17-15-21-19(11-9-13-25(21,3)4)23(17)27(7,8)24-18(2)16-22-20(24)12-10-14-26(22,5)6/h15-16H,9-14H2,1-8H3. The molecule has 2 saturated heterocycles. The van der Waals surface area contributed by atoms with Crippen LogP contribution in [0.5, 0.6) is 0 Å². The van der Waals surface area contributed by atoms with Gasteiger partial charge in [-0.25, -0.2) is 0 Å². The van der Waals surface area contributed by atoms with Gasteiger partial charge in [0.05, 0.1) is 24.2 Å². The summed E-state index contributed by atoms with van der Waals surface area (Å²) in [6.45, 7) is 20.6. The molecule has 0 N–H and O–H groups in total. The molecule has 3 heteroatoms. The molecule has 0 bridgehead atoms. The maximum absolute atomic E-state index is 2.67. The average molecular weight is 411 g/mol. The van der Waals surface area contributed by atoms with E-state index < -0.39 is 24.2 Å². The third kappa shape index (κ3) is 3.24. The minimum absolute atomic E-state index is 1.22. The predicted octanol–water partition coefficient (Wildman–Crippen LogP) is 6.93. The smallest absolute Gasteiger partial charge is 0.0633 e. The van der Waals surface area contributed by atoms with E-state index in [-0.39, 0.29) is 0 Å². The molecule has 4 rings (SSSR count). The fourth-order valence-corrected chi connectivity index (χ4v) is 17.4. The van der Waals surface area contributed by atoms with E-state index in [0.29, 0.717) is 0 Å². The van der Waals surface area contributed by atoms with Crippen molar-refractivity contribution in [3.05, 3.63) is 58.7 Å². The summed E-state index contributed by atoms with van der Waals surface area (Å²) in [5, 5.41) is 0. The molecule has 4 fully saturated rings. The molecule has 146 valence electrons. The molecule has 2 saturated carbocycles. The second-order valence-corrected chi connectivity index (χ2v) is 25.2. The second-order valence-electron chi connectivity index (χ2n) is 11.3. The normalized spacial score (nSPS) is 32.9. The van der Waals surface area contributed by atoms with E-state index in [9.17, 15) is 0 Å². The van der Waals surface area contributed by atoms with Gasteiger partial charge in [0.15, 0.2) is 0 Å². The molecule has 0 unspecified atom stereocenters. The highest BCUT2D eigenvalue weighted by atomic mass is 28.3. The summed E-state index contributed by atoms with van der Waals surface area (Å²) < 4.78 is 0. The van der Waals surface area contributed by atoms with Crippen molar-refractivity contribution < 1.29 is 0 Å². The monoisotopic (exact) mass is 410 g/mol. The van der Waals surface area contributed by atoms with Crippen LogP contribution in [0.3, 0.4) is 0 Å². The molecule has 2 aliphatic carbocycles. The Kier molecular flexibility index (Phi) is 5.29. The van der Waals surface area contributed by atoms with Gasteiger partial charge in [0, 0.05) is 0 Å². The molecule has 0 aromatic carbocycles. The van der Waals surface area contributed by atoms with E-state index in [1.807, 2.05) is 34.0 Å². The molecule has 0 atom stereocenters. The summed E-state index contributed by atoms with van der Waals surface area (Å²) in [4.78, 5) is 0. The van der Waals surface area contributed by atoms with E-state index in [2.05, 4.69) is 66.0 Å². The van der Waals surface area contributed by atoms with Crippen LogP contribution in [0.1, 0.15) is 39.5 Å². The lowest BCUT2D eigenvalue weighted by atomic mass is 9.98. The Balaban J connectivity index is 1.65. The summed E-state index contributed by atoms with van der Waals surface area (Å²) in [6.07, 6.45) is 10.8. The predicted molar refractivity (Wildman–Crippen MR) is 126 cm³/mol. The van der Waals surface area contributed by atoms with Gasteiger partial charge in [-0.1, -0.05) is 78.1 Å². The molecule has 0 nitrogen and oxygen atoms in total. The minimum atomic E-state index is -1.68. The molecule has 0 aromatic rings. The topological polar surface area (TPSA) is 0 Å². The van der Waals surface area contributed by atoms with E-state index >= 15 is 0 Å². The summed E-state index contributed by atoms with van der Waals surface area (Å²) in [6, 6.07) is 2.96. The molecular formula is C24H38Si3. The highest BCUT2D eigenvalue weighted by Crippen LogP contribution is 2.65. The summed E-state index contributed by atoms with van der Waals surface area (Å²) in [7, 11) is -4.12. The number of hydrogen-bond donors (Lipinski definition) is 0. The van der Waals surface area contributed by atoms with Crippen LogP contribution < -0.4 is 0 Å². The van der Waals surface area contributed by atoms with Gasteiger partial charge in [0.2, 0.25) is 0 Å². The third-order valence-corrected chi connectivity index (χ3v) is 18.8. The minimum Gasteiger partial charge on any atom is -0.0689 e. The van der Waals surface area contributed by atoms with Gasteiger partial charge in [-0.05, 0) is 71.5 Å². The highest BCUT2D eigenvalue weighted by Gasteiger charge is 2.63. The Morgan fingerprint density at radius 2 is 1.07 bits per heavy atom. The quantitative estimate of drug-likeness (QED) is 0.433. The van der Waals surface area contributed by atoms with Crippen molar-refractivity contribution in [2.45, 2.75) is 90.9 Å². The van der Waals surface area contributed by atoms with Gasteiger partial charge in [0.1, 0.15) is 0 Å². The fourth-order valence-electron chi connectivity index (χ4n) is 6.77. The zero-order valence-corrected chi connectivity index (χ0v) is 21.9. The van der Waals surface area contributed by atoms with Crippen LogP contribution in [0.4, 0.5) is 0 Å². The largest absolute Gasteiger partial charge is 0.0689 e. The second kappa shape index (κ2) is 6.83. The molecular weight excluding hydrogens is 373 g/mol. The first kappa shape index (κ1) is 20.9.